The standard InChI is InChI=1S/C17H17N5OS/c1-12-3-2-4-14-15(12)20-17(24-14)22-9-7-21(8-10-22)16(23)13-11-18-5-6-19-13/h2-6,11H,7-10H2,1H3. The molecule has 7 heteroatoms. The van der Waals surface area contributed by atoms with Crippen molar-refractivity contribution >= 4 is 32.6 Å². The number of hydrogen-bond donors (Lipinski definition) is 0. The first kappa shape index (κ1) is 15.0. The number of para-hydroxylation sites is 1. The first-order valence-corrected chi connectivity index (χ1v) is 8.70. The van der Waals surface area contributed by atoms with Crippen LogP contribution in [0.4, 0.5) is 5.13 Å². The van der Waals surface area contributed by atoms with Gasteiger partial charge in [0.05, 0.1) is 16.4 Å². The number of carbonyl (C=O) groups is 1. The number of amides is 1. The van der Waals surface area contributed by atoms with E-state index in [9.17, 15) is 4.79 Å². The highest BCUT2D eigenvalue weighted by Crippen LogP contribution is 2.31. The number of benzene rings is 1. The molecule has 1 aromatic carbocycles. The minimum atomic E-state index is -0.0529. The van der Waals surface area contributed by atoms with Crippen LogP contribution in [-0.4, -0.2) is 51.9 Å². The second kappa shape index (κ2) is 6.16. The molecular weight excluding hydrogens is 322 g/mol. The van der Waals surface area contributed by atoms with Crippen molar-refractivity contribution in [2.45, 2.75) is 6.92 Å². The smallest absolute Gasteiger partial charge is 0.274 e. The average Bonchev–Trinajstić information content (AvgIpc) is 3.08. The number of nitrogens with zero attached hydrogens (tertiary/aromatic N) is 5. The second-order valence-corrected chi connectivity index (χ2v) is 6.80. The van der Waals surface area contributed by atoms with Gasteiger partial charge in [0.25, 0.3) is 5.91 Å². The van der Waals surface area contributed by atoms with E-state index in [0.717, 1.165) is 23.7 Å². The highest BCUT2D eigenvalue weighted by molar-refractivity contribution is 7.22. The van der Waals surface area contributed by atoms with Crippen molar-refractivity contribution in [2.75, 3.05) is 31.1 Å². The molecule has 0 N–H and O–H groups in total. The fourth-order valence-corrected chi connectivity index (χ4v) is 3.98. The summed E-state index contributed by atoms with van der Waals surface area (Å²) >= 11 is 1.71. The maximum Gasteiger partial charge on any atom is 0.274 e. The molecule has 1 aliphatic rings. The van der Waals surface area contributed by atoms with Crippen LogP contribution in [-0.2, 0) is 0 Å². The molecule has 0 radical (unpaired) electrons. The number of piperazine rings is 1. The van der Waals surface area contributed by atoms with Crippen molar-refractivity contribution in [3.63, 3.8) is 0 Å². The van der Waals surface area contributed by atoms with Gasteiger partial charge < -0.3 is 9.80 Å². The van der Waals surface area contributed by atoms with Crippen molar-refractivity contribution < 1.29 is 4.79 Å². The summed E-state index contributed by atoms with van der Waals surface area (Å²) in [5.74, 6) is -0.0529. The lowest BCUT2D eigenvalue weighted by Crippen LogP contribution is -2.49. The number of carbonyl (C=O) groups excluding carboxylic acids is 1. The maximum atomic E-state index is 12.4. The molecule has 0 bridgehead atoms. The molecule has 4 rings (SSSR count). The fraction of sp³-hybridized carbons (Fsp3) is 0.294. The number of hydrogen-bond acceptors (Lipinski definition) is 6. The molecule has 122 valence electrons. The number of aromatic nitrogens is 3. The molecule has 1 fully saturated rings. The first-order chi connectivity index (χ1) is 11.7. The van der Waals surface area contributed by atoms with Gasteiger partial charge in [-0.25, -0.2) is 9.97 Å². The molecule has 0 aliphatic carbocycles. The predicted molar refractivity (Wildman–Crippen MR) is 94.5 cm³/mol. The Morgan fingerprint density at radius 1 is 1.17 bits per heavy atom. The molecule has 1 aliphatic heterocycles. The molecule has 24 heavy (non-hydrogen) atoms. The van der Waals surface area contributed by atoms with Crippen LogP contribution in [0, 0.1) is 6.92 Å². The molecule has 0 saturated carbocycles. The molecule has 3 heterocycles. The summed E-state index contributed by atoms with van der Waals surface area (Å²) in [6, 6.07) is 6.26. The van der Waals surface area contributed by atoms with Crippen LogP contribution >= 0.6 is 11.3 Å². The summed E-state index contributed by atoms with van der Waals surface area (Å²) in [5.41, 5.74) is 2.68. The number of aryl methyl sites for hydroxylation is 1. The van der Waals surface area contributed by atoms with Gasteiger partial charge in [0.1, 0.15) is 5.69 Å². The number of fused-ring (bicyclic) bond motifs is 1. The lowest BCUT2D eigenvalue weighted by molar-refractivity contribution is 0.0740. The molecule has 1 amide bonds. The Morgan fingerprint density at radius 2 is 2.00 bits per heavy atom. The Hall–Kier alpha value is -2.54. The van der Waals surface area contributed by atoms with Gasteiger partial charge in [-0.05, 0) is 18.6 Å². The van der Waals surface area contributed by atoms with E-state index >= 15 is 0 Å². The van der Waals surface area contributed by atoms with Crippen LogP contribution in [0.3, 0.4) is 0 Å². The van der Waals surface area contributed by atoms with Crippen molar-refractivity contribution in [2.24, 2.45) is 0 Å². The van der Waals surface area contributed by atoms with Gasteiger partial charge in [-0.1, -0.05) is 23.5 Å². The summed E-state index contributed by atoms with van der Waals surface area (Å²) in [7, 11) is 0. The quantitative estimate of drug-likeness (QED) is 0.717. The van der Waals surface area contributed by atoms with Crippen molar-refractivity contribution in [3.05, 3.63) is 48.0 Å². The van der Waals surface area contributed by atoms with Gasteiger partial charge in [-0.3, -0.25) is 9.78 Å². The zero-order valence-corrected chi connectivity index (χ0v) is 14.2. The Morgan fingerprint density at radius 3 is 2.71 bits per heavy atom. The van der Waals surface area contributed by atoms with Gasteiger partial charge in [0, 0.05) is 38.6 Å². The van der Waals surface area contributed by atoms with E-state index in [1.54, 1.807) is 23.7 Å². The summed E-state index contributed by atoms with van der Waals surface area (Å²) < 4.78 is 1.21. The van der Waals surface area contributed by atoms with Crippen LogP contribution in [0.5, 0.6) is 0 Å². The summed E-state index contributed by atoms with van der Waals surface area (Å²) in [6.07, 6.45) is 4.64. The number of rotatable bonds is 2. The highest BCUT2D eigenvalue weighted by Gasteiger charge is 2.24. The van der Waals surface area contributed by atoms with E-state index in [2.05, 4.69) is 40.0 Å². The van der Waals surface area contributed by atoms with E-state index < -0.39 is 0 Å². The molecule has 6 nitrogen and oxygen atoms in total. The van der Waals surface area contributed by atoms with Crippen LogP contribution in [0.1, 0.15) is 16.1 Å². The monoisotopic (exact) mass is 339 g/mol. The van der Waals surface area contributed by atoms with Crippen molar-refractivity contribution in [3.8, 4) is 0 Å². The molecule has 0 unspecified atom stereocenters. The lowest BCUT2D eigenvalue weighted by atomic mass is 10.2. The minimum absolute atomic E-state index is 0.0529. The zero-order valence-electron chi connectivity index (χ0n) is 13.3. The van der Waals surface area contributed by atoms with E-state index in [0.29, 0.717) is 18.8 Å². The molecular formula is C17H17N5OS. The van der Waals surface area contributed by atoms with Crippen LogP contribution < -0.4 is 4.90 Å². The minimum Gasteiger partial charge on any atom is -0.345 e. The highest BCUT2D eigenvalue weighted by atomic mass is 32.1. The Bertz CT molecular complexity index is 871. The van der Waals surface area contributed by atoms with Crippen LogP contribution in [0.2, 0.25) is 0 Å². The maximum absolute atomic E-state index is 12.4. The Balaban J connectivity index is 1.47. The van der Waals surface area contributed by atoms with E-state index in [4.69, 9.17) is 4.98 Å². The van der Waals surface area contributed by atoms with E-state index in [1.807, 2.05) is 4.90 Å². The van der Waals surface area contributed by atoms with Crippen molar-refractivity contribution in [1.82, 2.24) is 19.9 Å². The number of anilines is 1. The fourth-order valence-electron chi connectivity index (χ4n) is 2.88. The zero-order chi connectivity index (χ0) is 16.5. The largest absolute Gasteiger partial charge is 0.345 e. The average molecular weight is 339 g/mol. The third-order valence-corrected chi connectivity index (χ3v) is 5.31. The van der Waals surface area contributed by atoms with Gasteiger partial charge in [-0.2, -0.15) is 0 Å². The summed E-state index contributed by atoms with van der Waals surface area (Å²) in [6.45, 7) is 4.99. The third kappa shape index (κ3) is 2.71. The normalized spacial score (nSPS) is 15.0. The van der Waals surface area contributed by atoms with E-state index in [1.165, 1.54) is 16.5 Å². The predicted octanol–water partition coefficient (Wildman–Crippen LogP) is 2.36. The number of thiazole rings is 1. The molecule has 0 spiro atoms. The second-order valence-electron chi connectivity index (χ2n) is 5.79. The summed E-state index contributed by atoms with van der Waals surface area (Å²) in [5, 5.41) is 1.03. The van der Waals surface area contributed by atoms with Crippen LogP contribution in [0.25, 0.3) is 10.2 Å². The van der Waals surface area contributed by atoms with Gasteiger partial charge in [0.15, 0.2) is 5.13 Å². The van der Waals surface area contributed by atoms with Crippen LogP contribution in [0.15, 0.2) is 36.8 Å². The lowest BCUT2D eigenvalue weighted by Gasteiger charge is -2.34. The van der Waals surface area contributed by atoms with Crippen molar-refractivity contribution in [1.29, 1.82) is 0 Å². The Labute approximate surface area is 143 Å². The van der Waals surface area contributed by atoms with Gasteiger partial charge in [0.2, 0.25) is 0 Å². The SMILES string of the molecule is Cc1cccc2sc(N3CCN(C(=O)c4cnccn4)CC3)nc12. The Kier molecular flexibility index (Phi) is 3.86. The molecule has 1 saturated heterocycles. The molecule has 3 aromatic rings. The topological polar surface area (TPSA) is 62.2 Å². The van der Waals surface area contributed by atoms with Gasteiger partial charge in [-0.15, -0.1) is 0 Å². The first-order valence-electron chi connectivity index (χ1n) is 7.89. The van der Waals surface area contributed by atoms with Gasteiger partial charge >= 0.3 is 0 Å². The van der Waals surface area contributed by atoms with E-state index in [-0.39, 0.29) is 5.91 Å². The summed E-state index contributed by atoms with van der Waals surface area (Å²) in [4.78, 5) is 29.3. The molecule has 2 aromatic heterocycles. The third-order valence-electron chi connectivity index (χ3n) is 4.23. The molecule has 0 atom stereocenters.